The molecule has 0 amide bonds. The van der Waals surface area contributed by atoms with Gasteiger partial charge in [0.25, 0.3) is 0 Å². The summed E-state index contributed by atoms with van der Waals surface area (Å²) in [6.07, 6.45) is 1.07. The second-order valence-corrected chi connectivity index (χ2v) is 3.96. The number of aliphatic hydroxyl groups is 1. The van der Waals surface area contributed by atoms with Gasteiger partial charge in [-0.2, -0.15) is 0 Å². The first-order valence-corrected chi connectivity index (χ1v) is 5.39. The average molecular weight is 230 g/mol. The molecule has 4 nitrogen and oxygen atoms in total. The monoisotopic (exact) mass is 230 g/mol. The number of phenols is 1. The van der Waals surface area contributed by atoms with Gasteiger partial charge in [0.1, 0.15) is 5.75 Å². The molecule has 0 saturated heterocycles. The maximum absolute atomic E-state index is 9.49. The summed E-state index contributed by atoms with van der Waals surface area (Å²) < 4.78 is 0. The summed E-state index contributed by atoms with van der Waals surface area (Å²) >= 11 is 0. The number of aliphatic hydroxyl groups excluding tert-OH is 1. The molecule has 17 heavy (non-hydrogen) atoms. The topological polar surface area (TPSA) is 66.2 Å². The Bertz CT molecular complexity index is 521. The maximum Gasteiger partial charge on any atom is 0.159 e. The summed E-state index contributed by atoms with van der Waals surface area (Å²) in [7, 11) is 0. The van der Waals surface area contributed by atoms with E-state index in [2.05, 4.69) is 9.97 Å². The summed E-state index contributed by atoms with van der Waals surface area (Å²) in [6, 6.07) is 6.70. The highest BCUT2D eigenvalue weighted by Gasteiger charge is 2.09. The van der Waals surface area contributed by atoms with Crippen LogP contribution in [0.3, 0.4) is 0 Å². The molecule has 2 N–H and O–H groups in total. The van der Waals surface area contributed by atoms with Crippen LogP contribution in [0.15, 0.2) is 30.5 Å². The Morgan fingerprint density at radius 1 is 1.18 bits per heavy atom. The van der Waals surface area contributed by atoms with Gasteiger partial charge in [-0.1, -0.05) is 0 Å². The van der Waals surface area contributed by atoms with E-state index in [1.54, 1.807) is 37.4 Å². The van der Waals surface area contributed by atoms with Crippen LogP contribution >= 0.6 is 0 Å². The third-order valence-corrected chi connectivity index (χ3v) is 2.59. The van der Waals surface area contributed by atoms with E-state index in [1.165, 1.54) is 0 Å². The number of aromatic nitrogens is 2. The smallest absolute Gasteiger partial charge is 0.159 e. The van der Waals surface area contributed by atoms with Gasteiger partial charge in [-0.05, 0) is 38.1 Å². The molecule has 1 unspecified atom stereocenters. The molecule has 0 fully saturated rings. The number of rotatable bonds is 2. The first-order valence-electron chi connectivity index (χ1n) is 5.39. The molecule has 2 rings (SSSR count). The van der Waals surface area contributed by atoms with Gasteiger partial charge in [-0.3, -0.25) is 0 Å². The Morgan fingerprint density at radius 2 is 1.82 bits per heavy atom. The van der Waals surface area contributed by atoms with Gasteiger partial charge < -0.3 is 10.2 Å². The normalized spacial score (nSPS) is 12.4. The first kappa shape index (κ1) is 11.5. The van der Waals surface area contributed by atoms with E-state index in [1.807, 2.05) is 6.92 Å². The van der Waals surface area contributed by atoms with Crippen LogP contribution in [0, 0.1) is 6.92 Å². The lowest BCUT2D eigenvalue weighted by Crippen LogP contribution is -2.01. The zero-order valence-corrected chi connectivity index (χ0v) is 9.75. The molecule has 4 heteroatoms. The number of hydrogen-bond acceptors (Lipinski definition) is 4. The van der Waals surface area contributed by atoms with E-state index in [0.717, 1.165) is 16.8 Å². The van der Waals surface area contributed by atoms with E-state index in [0.29, 0.717) is 5.82 Å². The Morgan fingerprint density at radius 3 is 2.35 bits per heavy atom. The molecule has 0 radical (unpaired) electrons. The van der Waals surface area contributed by atoms with E-state index in [4.69, 9.17) is 0 Å². The lowest BCUT2D eigenvalue weighted by Gasteiger charge is -2.09. The van der Waals surface area contributed by atoms with Gasteiger partial charge >= 0.3 is 0 Å². The van der Waals surface area contributed by atoms with Crippen molar-refractivity contribution in [1.29, 1.82) is 0 Å². The van der Waals surface area contributed by atoms with Crippen molar-refractivity contribution in [2.45, 2.75) is 20.0 Å². The zero-order chi connectivity index (χ0) is 12.4. The van der Waals surface area contributed by atoms with Crippen molar-refractivity contribution in [2.24, 2.45) is 0 Å². The van der Waals surface area contributed by atoms with Crippen molar-refractivity contribution in [3.8, 4) is 17.1 Å². The molecule has 0 spiro atoms. The molecule has 0 aliphatic rings. The van der Waals surface area contributed by atoms with Crippen LogP contribution in [-0.4, -0.2) is 20.2 Å². The van der Waals surface area contributed by atoms with E-state index >= 15 is 0 Å². The molecule has 1 aromatic carbocycles. The van der Waals surface area contributed by atoms with Crippen molar-refractivity contribution in [2.75, 3.05) is 0 Å². The second-order valence-electron chi connectivity index (χ2n) is 3.96. The number of phenolic OH excluding ortho intramolecular Hbond substituents is 1. The van der Waals surface area contributed by atoms with E-state index in [-0.39, 0.29) is 5.75 Å². The van der Waals surface area contributed by atoms with Crippen LogP contribution in [-0.2, 0) is 0 Å². The highest BCUT2D eigenvalue weighted by molar-refractivity contribution is 5.56. The standard InChI is InChI=1S/C13H14N2O2/c1-8-12(9(2)16)7-14-13(15-8)10-3-5-11(17)6-4-10/h3-7,9,16-17H,1-2H3. The predicted molar refractivity (Wildman–Crippen MR) is 64.5 cm³/mol. The molecule has 1 atom stereocenters. The average Bonchev–Trinajstić information content (AvgIpc) is 2.29. The van der Waals surface area contributed by atoms with Crippen LogP contribution in [0.2, 0.25) is 0 Å². The summed E-state index contributed by atoms with van der Waals surface area (Å²) in [5.41, 5.74) is 2.33. The molecule has 0 saturated carbocycles. The fourth-order valence-corrected chi connectivity index (χ4v) is 1.64. The minimum Gasteiger partial charge on any atom is -0.508 e. The fourth-order valence-electron chi connectivity index (χ4n) is 1.64. The molecule has 0 aliphatic carbocycles. The highest BCUT2D eigenvalue weighted by atomic mass is 16.3. The molecule has 2 aromatic rings. The predicted octanol–water partition coefficient (Wildman–Crippen LogP) is 2.21. The third kappa shape index (κ3) is 2.42. The SMILES string of the molecule is Cc1nc(-c2ccc(O)cc2)ncc1C(C)O. The van der Waals surface area contributed by atoms with Gasteiger partial charge in [0.05, 0.1) is 6.10 Å². The Hall–Kier alpha value is -1.94. The highest BCUT2D eigenvalue weighted by Crippen LogP contribution is 2.21. The van der Waals surface area contributed by atoms with Crippen LogP contribution in [0.25, 0.3) is 11.4 Å². The quantitative estimate of drug-likeness (QED) is 0.830. The summed E-state index contributed by atoms with van der Waals surface area (Å²) in [5, 5.41) is 18.7. The minimum absolute atomic E-state index is 0.214. The van der Waals surface area contributed by atoms with Crippen LogP contribution in [0.1, 0.15) is 24.3 Å². The molecule has 0 bridgehead atoms. The Labute approximate surface area is 99.6 Å². The van der Waals surface area contributed by atoms with Gasteiger partial charge in [0.15, 0.2) is 5.82 Å². The molecule has 88 valence electrons. The van der Waals surface area contributed by atoms with Gasteiger partial charge in [-0.15, -0.1) is 0 Å². The molecular formula is C13H14N2O2. The first-order chi connectivity index (χ1) is 8.08. The van der Waals surface area contributed by atoms with E-state index in [9.17, 15) is 10.2 Å². The summed E-state index contributed by atoms with van der Waals surface area (Å²) in [6.45, 7) is 3.53. The number of benzene rings is 1. The number of hydrogen-bond donors (Lipinski definition) is 2. The third-order valence-electron chi connectivity index (χ3n) is 2.59. The lowest BCUT2D eigenvalue weighted by atomic mass is 10.1. The molecule has 1 aromatic heterocycles. The van der Waals surface area contributed by atoms with Gasteiger partial charge in [0, 0.05) is 23.0 Å². The molecular weight excluding hydrogens is 216 g/mol. The van der Waals surface area contributed by atoms with Crippen molar-refractivity contribution in [1.82, 2.24) is 9.97 Å². The van der Waals surface area contributed by atoms with Crippen molar-refractivity contribution in [3.63, 3.8) is 0 Å². The Kier molecular flexibility index (Phi) is 3.06. The zero-order valence-electron chi connectivity index (χ0n) is 9.75. The van der Waals surface area contributed by atoms with Crippen LogP contribution in [0.5, 0.6) is 5.75 Å². The van der Waals surface area contributed by atoms with E-state index < -0.39 is 6.10 Å². The Balaban J connectivity index is 2.41. The number of aryl methyl sites for hydroxylation is 1. The number of aromatic hydroxyl groups is 1. The summed E-state index contributed by atoms with van der Waals surface area (Å²) in [4.78, 5) is 8.55. The minimum atomic E-state index is -0.566. The second kappa shape index (κ2) is 4.51. The molecule has 0 aliphatic heterocycles. The van der Waals surface area contributed by atoms with Crippen LogP contribution < -0.4 is 0 Å². The van der Waals surface area contributed by atoms with Crippen molar-refractivity contribution in [3.05, 3.63) is 41.7 Å². The van der Waals surface area contributed by atoms with Crippen molar-refractivity contribution >= 4 is 0 Å². The summed E-state index contributed by atoms with van der Waals surface area (Å²) in [5.74, 6) is 0.804. The maximum atomic E-state index is 9.49. The van der Waals surface area contributed by atoms with Gasteiger partial charge in [-0.25, -0.2) is 9.97 Å². The fraction of sp³-hybridized carbons (Fsp3) is 0.231. The van der Waals surface area contributed by atoms with Crippen LogP contribution in [0.4, 0.5) is 0 Å². The van der Waals surface area contributed by atoms with Gasteiger partial charge in [0.2, 0.25) is 0 Å². The largest absolute Gasteiger partial charge is 0.508 e. The number of nitrogens with zero attached hydrogens (tertiary/aromatic N) is 2. The van der Waals surface area contributed by atoms with Crippen molar-refractivity contribution < 1.29 is 10.2 Å². The molecule has 1 heterocycles. The lowest BCUT2D eigenvalue weighted by molar-refractivity contribution is 0.197.